The fourth-order valence-corrected chi connectivity index (χ4v) is 15.2. The lowest BCUT2D eigenvalue weighted by molar-refractivity contribution is -0.124. The molecular formula is C66H98N2O2S4. The Bertz CT molecular complexity index is 2330. The van der Waals surface area contributed by atoms with Crippen LogP contribution in [0.3, 0.4) is 0 Å². The van der Waals surface area contributed by atoms with Gasteiger partial charge in [0.15, 0.2) is 0 Å². The highest BCUT2D eigenvalue weighted by Gasteiger charge is 2.50. The fourth-order valence-electron chi connectivity index (χ4n) is 11.4. The molecule has 4 aromatic heterocycles. The molecular weight excluding hydrogens is 981 g/mol. The molecule has 8 heteroatoms. The van der Waals surface area contributed by atoms with E-state index in [9.17, 15) is 0 Å². The number of aryl methyl sites for hydroxylation is 2. The Kier molecular flexibility index (Phi) is 27.6. The third kappa shape index (κ3) is 18.9. The van der Waals surface area contributed by atoms with Crippen LogP contribution in [0.25, 0.3) is 33.3 Å². The molecule has 2 aliphatic heterocycles. The van der Waals surface area contributed by atoms with Crippen molar-refractivity contribution in [2.75, 3.05) is 13.1 Å². The third-order valence-corrected chi connectivity index (χ3v) is 20.1. The van der Waals surface area contributed by atoms with Crippen LogP contribution in [-0.4, -0.2) is 34.7 Å². The van der Waals surface area contributed by atoms with Crippen molar-refractivity contribution < 1.29 is 9.59 Å². The highest BCUT2D eigenvalue weighted by Crippen LogP contribution is 2.50. The van der Waals surface area contributed by atoms with E-state index < -0.39 is 0 Å². The zero-order valence-corrected chi connectivity index (χ0v) is 50.6. The predicted molar refractivity (Wildman–Crippen MR) is 329 cm³/mol. The summed E-state index contributed by atoms with van der Waals surface area (Å²) in [6, 6.07) is 17.7. The number of nitrogens with zero attached hydrogens (tertiary/aromatic N) is 2. The third-order valence-electron chi connectivity index (χ3n) is 15.8. The van der Waals surface area contributed by atoms with E-state index in [1.165, 1.54) is 209 Å². The van der Waals surface area contributed by atoms with Gasteiger partial charge in [-0.3, -0.25) is 9.59 Å². The van der Waals surface area contributed by atoms with Crippen molar-refractivity contribution in [2.24, 2.45) is 11.8 Å². The molecule has 2 atom stereocenters. The van der Waals surface area contributed by atoms with Crippen molar-refractivity contribution in [3.8, 4) is 9.75 Å². The van der Waals surface area contributed by atoms with Gasteiger partial charge in [0.1, 0.15) is 0 Å². The number of thiophene rings is 4. The van der Waals surface area contributed by atoms with Crippen molar-refractivity contribution in [1.82, 2.24) is 9.80 Å². The molecule has 0 bridgehead atoms. The molecule has 0 N–H and O–H groups in total. The molecule has 0 saturated carbocycles. The number of hydrogen-bond acceptors (Lipinski definition) is 6. The number of unbranched alkanes of at least 4 members (excludes halogenated alkanes) is 24. The van der Waals surface area contributed by atoms with E-state index >= 15 is 9.59 Å². The van der Waals surface area contributed by atoms with Gasteiger partial charge in [-0.05, 0) is 112 Å². The molecule has 6 rings (SSSR count). The van der Waals surface area contributed by atoms with Gasteiger partial charge in [-0.1, -0.05) is 207 Å². The monoisotopic (exact) mass is 1080 g/mol. The van der Waals surface area contributed by atoms with Crippen molar-refractivity contribution in [3.63, 3.8) is 0 Å². The number of hydrogen-bond donors (Lipinski definition) is 0. The highest BCUT2D eigenvalue weighted by molar-refractivity contribution is 7.23. The SMILES string of the molecule is CCCCCCCCCCC(CCCCCCCC)CN1C(=O)C2=C(c3ccc(-c4ccc(/C=C/c5ccc(C)s5)s4)s3)N(CC(CCCCCCCC)CCCCCCCCCC)C(=O)C2=C1c1ccc(C)s1. The highest BCUT2D eigenvalue weighted by atomic mass is 32.1. The minimum atomic E-state index is 0.0497. The first-order chi connectivity index (χ1) is 36.3. The van der Waals surface area contributed by atoms with E-state index in [0.717, 1.165) is 46.8 Å². The summed E-state index contributed by atoms with van der Waals surface area (Å²) in [4.78, 5) is 45.4. The summed E-state index contributed by atoms with van der Waals surface area (Å²) in [5.41, 5.74) is 3.11. The molecule has 4 nitrogen and oxygen atoms in total. The Balaban J connectivity index is 1.34. The fraction of sp³-hybridized carbons (Fsp3) is 0.636. The Hall–Kier alpha value is -3.04. The normalized spacial score (nSPS) is 14.8. The van der Waals surface area contributed by atoms with Crippen LogP contribution in [0.5, 0.6) is 0 Å². The Labute approximate surface area is 467 Å². The topological polar surface area (TPSA) is 40.6 Å². The van der Waals surface area contributed by atoms with Gasteiger partial charge in [0, 0.05) is 42.4 Å². The maximum atomic E-state index is 15.8. The van der Waals surface area contributed by atoms with Gasteiger partial charge in [0.05, 0.1) is 32.3 Å². The first-order valence-corrected chi connectivity index (χ1v) is 33.7. The van der Waals surface area contributed by atoms with Crippen LogP contribution in [-0.2, 0) is 9.59 Å². The summed E-state index contributed by atoms with van der Waals surface area (Å²) in [5, 5.41) is 0. The van der Waals surface area contributed by atoms with E-state index in [-0.39, 0.29) is 11.8 Å². The molecule has 2 unspecified atom stereocenters. The second kappa shape index (κ2) is 34.0. The van der Waals surface area contributed by atoms with Gasteiger partial charge in [-0.25, -0.2) is 0 Å². The Morgan fingerprint density at radius 1 is 0.365 bits per heavy atom. The maximum Gasteiger partial charge on any atom is 0.261 e. The van der Waals surface area contributed by atoms with Gasteiger partial charge < -0.3 is 9.80 Å². The molecule has 2 aliphatic rings. The lowest BCUT2D eigenvalue weighted by atomic mass is 9.93. The van der Waals surface area contributed by atoms with Crippen LogP contribution in [0.2, 0.25) is 0 Å². The molecule has 0 radical (unpaired) electrons. The molecule has 0 spiro atoms. The van der Waals surface area contributed by atoms with Gasteiger partial charge in [0.2, 0.25) is 0 Å². The summed E-state index contributed by atoms with van der Waals surface area (Å²) in [5.74, 6) is 0.899. The van der Waals surface area contributed by atoms with E-state index in [0.29, 0.717) is 36.1 Å². The molecule has 0 fully saturated rings. The number of amides is 2. The zero-order valence-electron chi connectivity index (χ0n) is 47.3. The molecule has 0 saturated heterocycles. The molecule has 74 heavy (non-hydrogen) atoms. The smallest absolute Gasteiger partial charge is 0.261 e. The van der Waals surface area contributed by atoms with E-state index in [1.54, 1.807) is 22.7 Å². The quantitative estimate of drug-likeness (QED) is 0.0416. The van der Waals surface area contributed by atoms with Crippen LogP contribution in [0.1, 0.15) is 262 Å². The number of carbonyl (C=O) groups excluding carboxylic acids is 2. The first-order valence-electron chi connectivity index (χ1n) is 30.4. The average molecular weight is 1080 g/mol. The Morgan fingerprint density at radius 2 is 0.676 bits per heavy atom. The van der Waals surface area contributed by atoms with E-state index in [2.05, 4.69) is 112 Å². The van der Waals surface area contributed by atoms with Crippen molar-refractivity contribution in [3.05, 3.63) is 88.9 Å². The van der Waals surface area contributed by atoms with Gasteiger partial charge in [-0.2, -0.15) is 0 Å². The van der Waals surface area contributed by atoms with Crippen LogP contribution in [0.15, 0.2) is 59.7 Å². The van der Waals surface area contributed by atoms with Gasteiger partial charge in [0.25, 0.3) is 11.8 Å². The molecule has 4 aromatic rings. The average Bonchev–Trinajstić information content (AvgIpc) is 4.28. The second-order valence-electron chi connectivity index (χ2n) is 22.2. The first kappa shape index (κ1) is 60.2. The van der Waals surface area contributed by atoms with Crippen molar-refractivity contribution >= 4 is 80.7 Å². The van der Waals surface area contributed by atoms with Crippen LogP contribution in [0.4, 0.5) is 0 Å². The van der Waals surface area contributed by atoms with Gasteiger partial charge in [-0.15, -0.1) is 45.3 Å². The number of fused-ring (bicyclic) bond motifs is 1. The number of carbonyl (C=O) groups is 2. The van der Waals surface area contributed by atoms with Gasteiger partial charge >= 0.3 is 0 Å². The summed E-state index contributed by atoms with van der Waals surface area (Å²) in [7, 11) is 0. The summed E-state index contributed by atoms with van der Waals surface area (Å²) < 4.78 is 0. The predicted octanol–water partition coefficient (Wildman–Crippen LogP) is 22.0. The van der Waals surface area contributed by atoms with E-state index in [1.807, 2.05) is 22.7 Å². The molecule has 0 aliphatic carbocycles. The number of rotatable bonds is 41. The summed E-state index contributed by atoms with van der Waals surface area (Å²) in [6.07, 6.45) is 45.2. The Morgan fingerprint density at radius 3 is 1.07 bits per heavy atom. The molecule has 6 heterocycles. The van der Waals surface area contributed by atoms with Crippen molar-refractivity contribution in [2.45, 2.75) is 247 Å². The lowest BCUT2D eigenvalue weighted by Crippen LogP contribution is -2.34. The van der Waals surface area contributed by atoms with Crippen LogP contribution in [0, 0.1) is 25.7 Å². The molecule has 0 aromatic carbocycles. The zero-order chi connectivity index (χ0) is 52.3. The second-order valence-corrected chi connectivity index (χ2v) is 27.0. The lowest BCUT2D eigenvalue weighted by Gasteiger charge is -2.29. The van der Waals surface area contributed by atoms with E-state index in [4.69, 9.17) is 0 Å². The standard InChI is InChI=1S/C66H98N2O2S4/c1-7-11-15-19-23-25-29-33-37-53(35-31-27-21-17-13-9-3)49-67-63(59-45-40-52(6)72-59)61-62(66(67)70)64(60-48-47-58(74-60)57-46-44-56(73-57)43-42-55-41-39-51(5)71-55)68(65(61)69)50-54(36-32-28-22-18-14-10-4)38-34-30-26-24-20-16-12-8-2/h39-48,53-54H,7-38,49-50H2,1-6H3/b43-42+. The van der Waals surface area contributed by atoms with Crippen LogP contribution >= 0.6 is 45.3 Å². The minimum absolute atomic E-state index is 0.0497. The largest absolute Gasteiger partial charge is 0.306 e. The van der Waals surface area contributed by atoms with Crippen molar-refractivity contribution in [1.29, 1.82) is 0 Å². The summed E-state index contributed by atoms with van der Waals surface area (Å²) in [6.45, 7) is 14.9. The molecule has 2 amide bonds. The summed E-state index contributed by atoms with van der Waals surface area (Å²) >= 11 is 7.14. The minimum Gasteiger partial charge on any atom is -0.306 e. The van der Waals surface area contributed by atoms with Crippen LogP contribution < -0.4 is 0 Å². The molecule has 408 valence electrons. The maximum absolute atomic E-state index is 15.8.